The SMILES string of the molecule is O=[N+]([O-])c1ccc(CCCNC2CC2)cc1. The first-order chi connectivity index (χ1) is 7.75. The molecule has 1 aromatic rings. The molecule has 4 nitrogen and oxygen atoms in total. The Morgan fingerprint density at radius 3 is 2.56 bits per heavy atom. The van der Waals surface area contributed by atoms with Crippen molar-refractivity contribution in [2.75, 3.05) is 6.54 Å². The van der Waals surface area contributed by atoms with Crippen LogP contribution in [-0.4, -0.2) is 17.5 Å². The van der Waals surface area contributed by atoms with E-state index in [4.69, 9.17) is 0 Å². The fourth-order valence-electron chi connectivity index (χ4n) is 1.67. The van der Waals surface area contributed by atoms with Crippen LogP contribution in [0.4, 0.5) is 5.69 Å². The number of hydrogen-bond donors (Lipinski definition) is 1. The first-order valence-corrected chi connectivity index (χ1v) is 5.72. The van der Waals surface area contributed by atoms with Gasteiger partial charge in [0.2, 0.25) is 0 Å². The van der Waals surface area contributed by atoms with Crippen LogP contribution in [0.5, 0.6) is 0 Å². The average Bonchev–Trinajstić information content (AvgIpc) is 3.09. The van der Waals surface area contributed by atoms with E-state index in [1.807, 2.05) is 12.1 Å². The van der Waals surface area contributed by atoms with Crippen LogP contribution in [-0.2, 0) is 6.42 Å². The lowest BCUT2D eigenvalue weighted by atomic mass is 10.1. The fraction of sp³-hybridized carbons (Fsp3) is 0.500. The van der Waals surface area contributed by atoms with Gasteiger partial charge in [-0.25, -0.2) is 0 Å². The number of nitro benzene ring substituents is 1. The molecule has 16 heavy (non-hydrogen) atoms. The summed E-state index contributed by atoms with van der Waals surface area (Å²) in [6.07, 6.45) is 4.71. The first kappa shape index (κ1) is 11.1. The van der Waals surface area contributed by atoms with Gasteiger partial charge in [-0.05, 0) is 37.8 Å². The van der Waals surface area contributed by atoms with Gasteiger partial charge < -0.3 is 5.32 Å². The summed E-state index contributed by atoms with van der Waals surface area (Å²) in [5, 5.41) is 13.9. The van der Waals surface area contributed by atoms with Gasteiger partial charge in [0.1, 0.15) is 0 Å². The lowest BCUT2D eigenvalue weighted by Crippen LogP contribution is -2.17. The summed E-state index contributed by atoms with van der Waals surface area (Å²) < 4.78 is 0. The van der Waals surface area contributed by atoms with Gasteiger partial charge in [0, 0.05) is 18.2 Å². The van der Waals surface area contributed by atoms with Gasteiger partial charge in [0.25, 0.3) is 5.69 Å². The minimum atomic E-state index is -0.363. The highest BCUT2D eigenvalue weighted by molar-refractivity contribution is 5.32. The summed E-state index contributed by atoms with van der Waals surface area (Å²) in [7, 11) is 0. The lowest BCUT2D eigenvalue weighted by molar-refractivity contribution is -0.384. The molecule has 0 saturated heterocycles. The second kappa shape index (κ2) is 5.07. The predicted octanol–water partition coefficient (Wildman–Crippen LogP) is 2.28. The maximum atomic E-state index is 10.5. The monoisotopic (exact) mass is 220 g/mol. The summed E-state index contributed by atoms with van der Waals surface area (Å²) in [6, 6.07) is 7.59. The molecule has 1 fully saturated rings. The third kappa shape index (κ3) is 3.31. The second-order valence-electron chi connectivity index (χ2n) is 4.26. The Morgan fingerprint density at radius 1 is 1.31 bits per heavy atom. The quantitative estimate of drug-likeness (QED) is 0.454. The Morgan fingerprint density at radius 2 is 2.00 bits per heavy atom. The smallest absolute Gasteiger partial charge is 0.269 e. The molecule has 2 rings (SSSR count). The Hall–Kier alpha value is -1.42. The number of hydrogen-bond acceptors (Lipinski definition) is 3. The Bertz CT molecular complexity index is 358. The second-order valence-corrected chi connectivity index (χ2v) is 4.26. The van der Waals surface area contributed by atoms with Crippen LogP contribution >= 0.6 is 0 Å². The lowest BCUT2D eigenvalue weighted by Gasteiger charge is -2.02. The van der Waals surface area contributed by atoms with Crippen molar-refractivity contribution in [3.8, 4) is 0 Å². The average molecular weight is 220 g/mol. The van der Waals surface area contributed by atoms with Crippen LogP contribution in [0.1, 0.15) is 24.8 Å². The Balaban J connectivity index is 1.73. The van der Waals surface area contributed by atoms with Crippen molar-refractivity contribution in [3.05, 3.63) is 39.9 Å². The maximum absolute atomic E-state index is 10.5. The molecule has 4 heteroatoms. The summed E-state index contributed by atoms with van der Waals surface area (Å²) in [4.78, 5) is 10.1. The number of nitrogens with one attached hydrogen (secondary N) is 1. The topological polar surface area (TPSA) is 55.2 Å². The molecule has 86 valence electrons. The summed E-state index contributed by atoms with van der Waals surface area (Å²) in [5.74, 6) is 0. The van der Waals surface area contributed by atoms with Crippen LogP contribution in [0.15, 0.2) is 24.3 Å². The molecule has 0 aromatic heterocycles. The number of aryl methyl sites for hydroxylation is 1. The third-order valence-electron chi connectivity index (χ3n) is 2.80. The van der Waals surface area contributed by atoms with Gasteiger partial charge in [-0.3, -0.25) is 10.1 Å². The zero-order valence-corrected chi connectivity index (χ0v) is 9.19. The highest BCUT2D eigenvalue weighted by atomic mass is 16.6. The van der Waals surface area contributed by atoms with Crippen molar-refractivity contribution in [1.29, 1.82) is 0 Å². The number of nitrogens with zero attached hydrogens (tertiary/aromatic N) is 1. The summed E-state index contributed by atoms with van der Waals surface area (Å²) >= 11 is 0. The van der Waals surface area contributed by atoms with Crippen molar-refractivity contribution in [3.63, 3.8) is 0 Å². The molecule has 1 aliphatic carbocycles. The van der Waals surface area contributed by atoms with Crippen molar-refractivity contribution in [2.24, 2.45) is 0 Å². The van der Waals surface area contributed by atoms with Crippen LogP contribution in [0.3, 0.4) is 0 Å². The molecule has 1 N–H and O–H groups in total. The van der Waals surface area contributed by atoms with Crippen molar-refractivity contribution in [2.45, 2.75) is 31.7 Å². The highest BCUT2D eigenvalue weighted by Gasteiger charge is 2.19. The minimum Gasteiger partial charge on any atom is -0.314 e. The molecule has 0 aliphatic heterocycles. The van der Waals surface area contributed by atoms with E-state index in [1.54, 1.807) is 12.1 Å². The van der Waals surface area contributed by atoms with E-state index in [9.17, 15) is 10.1 Å². The molecule has 0 amide bonds. The summed E-state index contributed by atoms with van der Waals surface area (Å²) in [5.41, 5.74) is 1.34. The van der Waals surface area contributed by atoms with E-state index in [0.29, 0.717) is 0 Å². The Kier molecular flexibility index (Phi) is 3.51. The zero-order chi connectivity index (χ0) is 11.4. The van der Waals surface area contributed by atoms with Gasteiger partial charge in [-0.1, -0.05) is 12.1 Å². The first-order valence-electron chi connectivity index (χ1n) is 5.72. The molecular formula is C12H16N2O2. The van der Waals surface area contributed by atoms with Crippen molar-refractivity contribution in [1.82, 2.24) is 5.32 Å². The molecule has 0 radical (unpaired) electrons. The molecule has 0 unspecified atom stereocenters. The number of nitro groups is 1. The van der Waals surface area contributed by atoms with E-state index in [-0.39, 0.29) is 10.6 Å². The molecule has 0 bridgehead atoms. The van der Waals surface area contributed by atoms with Gasteiger partial charge in [0.15, 0.2) is 0 Å². The number of rotatable bonds is 6. The zero-order valence-electron chi connectivity index (χ0n) is 9.19. The van der Waals surface area contributed by atoms with E-state index in [0.717, 1.165) is 25.4 Å². The standard InChI is InChI=1S/C12H16N2O2/c15-14(16)12-7-3-10(4-8-12)2-1-9-13-11-5-6-11/h3-4,7-8,11,13H,1-2,5-6,9H2. The molecule has 0 atom stereocenters. The largest absolute Gasteiger partial charge is 0.314 e. The third-order valence-corrected chi connectivity index (χ3v) is 2.80. The fourth-order valence-corrected chi connectivity index (χ4v) is 1.67. The molecular weight excluding hydrogens is 204 g/mol. The normalized spacial score (nSPS) is 15.0. The van der Waals surface area contributed by atoms with Crippen LogP contribution in [0, 0.1) is 10.1 Å². The van der Waals surface area contributed by atoms with Crippen molar-refractivity contribution < 1.29 is 4.92 Å². The van der Waals surface area contributed by atoms with Crippen LogP contribution in [0.2, 0.25) is 0 Å². The van der Waals surface area contributed by atoms with Gasteiger partial charge in [0.05, 0.1) is 4.92 Å². The summed E-state index contributed by atoms with van der Waals surface area (Å²) in [6.45, 7) is 1.04. The number of non-ortho nitro benzene ring substituents is 1. The van der Waals surface area contributed by atoms with Gasteiger partial charge in [-0.15, -0.1) is 0 Å². The minimum absolute atomic E-state index is 0.167. The van der Waals surface area contributed by atoms with Crippen molar-refractivity contribution >= 4 is 5.69 Å². The highest BCUT2D eigenvalue weighted by Crippen LogP contribution is 2.18. The van der Waals surface area contributed by atoms with E-state index < -0.39 is 0 Å². The van der Waals surface area contributed by atoms with Gasteiger partial charge >= 0.3 is 0 Å². The molecule has 1 aromatic carbocycles. The molecule has 0 heterocycles. The molecule has 1 aliphatic rings. The number of benzene rings is 1. The maximum Gasteiger partial charge on any atom is 0.269 e. The van der Waals surface area contributed by atoms with E-state index in [2.05, 4.69) is 5.32 Å². The predicted molar refractivity (Wildman–Crippen MR) is 62.4 cm³/mol. The van der Waals surface area contributed by atoms with E-state index in [1.165, 1.54) is 18.4 Å². The van der Waals surface area contributed by atoms with Gasteiger partial charge in [-0.2, -0.15) is 0 Å². The molecule has 1 saturated carbocycles. The van der Waals surface area contributed by atoms with Crippen LogP contribution in [0.25, 0.3) is 0 Å². The Labute approximate surface area is 94.8 Å². The molecule has 0 spiro atoms. The van der Waals surface area contributed by atoms with E-state index >= 15 is 0 Å². The van der Waals surface area contributed by atoms with Crippen LogP contribution < -0.4 is 5.32 Å².